The van der Waals surface area contributed by atoms with Crippen molar-refractivity contribution in [1.82, 2.24) is 19.9 Å². The second kappa shape index (κ2) is 10.8. The molecule has 11 nitrogen and oxygen atoms in total. The SMILES string of the molecule is COc1cc2nc(Nc3nc4c(C)cc(C)cc4c(=O)[nH]3)nc(C)c2c(OC)c1OC.O=C(O)C(F)(F)F. The van der Waals surface area contributed by atoms with E-state index in [-0.39, 0.29) is 17.5 Å². The van der Waals surface area contributed by atoms with Crippen LogP contribution in [0.4, 0.5) is 25.1 Å². The minimum Gasteiger partial charge on any atom is -0.493 e. The van der Waals surface area contributed by atoms with Crippen LogP contribution in [0, 0.1) is 20.8 Å². The van der Waals surface area contributed by atoms with E-state index in [0.717, 1.165) is 11.1 Å². The van der Waals surface area contributed by atoms with E-state index in [4.69, 9.17) is 24.1 Å². The lowest BCUT2D eigenvalue weighted by atomic mass is 10.1. The molecule has 4 rings (SSSR count). The van der Waals surface area contributed by atoms with Crippen molar-refractivity contribution < 1.29 is 37.3 Å². The molecule has 0 saturated carbocycles. The van der Waals surface area contributed by atoms with Crippen LogP contribution in [-0.2, 0) is 4.79 Å². The first-order valence-corrected chi connectivity index (χ1v) is 10.9. The van der Waals surface area contributed by atoms with Gasteiger partial charge in [0.05, 0.1) is 48.8 Å². The van der Waals surface area contributed by atoms with Gasteiger partial charge in [-0.25, -0.2) is 19.7 Å². The number of rotatable bonds is 5. The van der Waals surface area contributed by atoms with Crippen LogP contribution in [0.5, 0.6) is 17.2 Å². The van der Waals surface area contributed by atoms with Crippen molar-refractivity contribution in [3.8, 4) is 17.2 Å². The molecular weight excluding hydrogens is 511 g/mol. The number of aromatic nitrogens is 4. The van der Waals surface area contributed by atoms with Crippen molar-refractivity contribution in [3.63, 3.8) is 0 Å². The zero-order valence-electron chi connectivity index (χ0n) is 21.2. The van der Waals surface area contributed by atoms with E-state index in [0.29, 0.717) is 44.7 Å². The number of hydrogen-bond acceptors (Lipinski definition) is 9. The van der Waals surface area contributed by atoms with E-state index in [9.17, 15) is 18.0 Å². The Hall–Kier alpha value is -4.62. The lowest BCUT2D eigenvalue weighted by Crippen LogP contribution is -2.21. The molecule has 38 heavy (non-hydrogen) atoms. The molecule has 0 atom stereocenters. The number of aryl methyl sites for hydroxylation is 3. The fourth-order valence-electron chi connectivity index (χ4n) is 3.75. The maximum atomic E-state index is 12.6. The van der Waals surface area contributed by atoms with Gasteiger partial charge in [-0.1, -0.05) is 6.07 Å². The largest absolute Gasteiger partial charge is 0.493 e. The molecule has 0 bridgehead atoms. The summed E-state index contributed by atoms with van der Waals surface area (Å²) in [7, 11) is 4.64. The molecule has 202 valence electrons. The molecule has 2 heterocycles. The van der Waals surface area contributed by atoms with Crippen LogP contribution in [-0.4, -0.2) is 58.5 Å². The Morgan fingerprint density at radius 3 is 2.16 bits per heavy atom. The average Bonchev–Trinajstić information content (AvgIpc) is 2.83. The van der Waals surface area contributed by atoms with Gasteiger partial charge in [-0.2, -0.15) is 13.2 Å². The van der Waals surface area contributed by atoms with Crippen LogP contribution in [0.25, 0.3) is 21.8 Å². The highest BCUT2D eigenvalue weighted by atomic mass is 19.4. The molecule has 0 aliphatic carbocycles. The third-order valence-electron chi connectivity index (χ3n) is 5.29. The summed E-state index contributed by atoms with van der Waals surface area (Å²) in [4.78, 5) is 37.9. The van der Waals surface area contributed by atoms with Gasteiger partial charge in [0, 0.05) is 6.07 Å². The fraction of sp³-hybridized carbons (Fsp3) is 0.292. The number of fused-ring (bicyclic) bond motifs is 2. The molecule has 0 radical (unpaired) electrons. The summed E-state index contributed by atoms with van der Waals surface area (Å²) in [6.45, 7) is 5.71. The number of ether oxygens (including phenoxy) is 3. The first kappa shape index (κ1) is 28.0. The molecule has 0 saturated heterocycles. The molecule has 2 aromatic heterocycles. The van der Waals surface area contributed by atoms with E-state index in [1.165, 1.54) is 0 Å². The average molecular weight is 535 g/mol. The zero-order valence-corrected chi connectivity index (χ0v) is 21.2. The topological polar surface area (TPSA) is 149 Å². The fourth-order valence-corrected chi connectivity index (χ4v) is 3.75. The van der Waals surface area contributed by atoms with E-state index >= 15 is 0 Å². The molecule has 4 aromatic rings. The van der Waals surface area contributed by atoms with Crippen molar-refractivity contribution in [2.75, 3.05) is 26.6 Å². The molecule has 0 unspecified atom stereocenters. The monoisotopic (exact) mass is 535 g/mol. The van der Waals surface area contributed by atoms with Gasteiger partial charge >= 0.3 is 12.1 Å². The van der Waals surface area contributed by atoms with Crippen molar-refractivity contribution in [1.29, 1.82) is 0 Å². The number of nitrogens with zero attached hydrogens (tertiary/aromatic N) is 3. The number of carboxylic acids is 1. The van der Waals surface area contributed by atoms with Crippen LogP contribution in [0.2, 0.25) is 0 Å². The zero-order chi connectivity index (χ0) is 28.4. The van der Waals surface area contributed by atoms with Gasteiger partial charge < -0.3 is 19.3 Å². The van der Waals surface area contributed by atoms with Crippen LogP contribution in [0.3, 0.4) is 0 Å². The highest BCUT2D eigenvalue weighted by Gasteiger charge is 2.38. The normalized spacial score (nSPS) is 11.1. The number of halogens is 3. The highest BCUT2D eigenvalue weighted by Crippen LogP contribution is 2.43. The number of carbonyl (C=O) groups is 1. The summed E-state index contributed by atoms with van der Waals surface area (Å²) in [6.07, 6.45) is -5.08. The van der Waals surface area contributed by atoms with Crippen molar-refractivity contribution >= 4 is 39.7 Å². The highest BCUT2D eigenvalue weighted by molar-refractivity contribution is 5.93. The van der Waals surface area contributed by atoms with Crippen molar-refractivity contribution in [2.45, 2.75) is 26.9 Å². The Balaban J connectivity index is 0.000000505. The summed E-state index contributed by atoms with van der Waals surface area (Å²) < 4.78 is 48.2. The molecular formula is C24H24F3N5O6. The number of nitrogens with one attached hydrogen (secondary N) is 2. The maximum Gasteiger partial charge on any atom is 0.490 e. The first-order chi connectivity index (χ1) is 17.8. The Bertz CT molecular complexity index is 1590. The second-order valence-electron chi connectivity index (χ2n) is 7.99. The van der Waals surface area contributed by atoms with Crippen molar-refractivity contribution in [3.05, 3.63) is 45.4 Å². The van der Waals surface area contributed by atoms with E-state index in [2.05, 4.69) is 25.3 Å². The molecule has 0 amide bonds. The van der Waals surface area contributed by atoms with E-state index in [1.54, 1.807) is 27.4 Å². The predicted octanol–water partition coefficient (Wildman–Crippen LogP) is 4.19. The number of H-pyrrole nitrogens is 1. The number of hydrogen-bond donors (Lipinski definition) is 3. The summed E-state index contributed by atoms with van der Waals surface area (Å²) >= 11 is 0. The third kappa shape index (κ3) is 5.68. The number of carboxylic acid groups (broad SMARTS) is 1. The second-order valence-corrected chi connectivity index (χ2v) is 7.99. The number of aliphatic carboxylic acids is 1. The molecule has 0 aliphatic rings. The minimum absolute atomic E-state index is 0.232. The van der Waals surface area contributed by atoms with Gasteiger partial charge in [-0.05, 0) is 38.0 Å². The quantitative estimate of drug-likeness (QED) is 0.340. The molecule has 0 fully saturated rings. The summed E-state index contributed by atoms with van der Waals surface area (Å²) in [6, 6.07) is 5.56. The number of methoxy groups -OCH3 is 3. The molecule has 3 N–H and O–H groups in total. The van der Waals surface area contributed by atoms with Crippen LogP contribution >= 0.6 is 0 Å². The van der Waals surface area contributed by atoms with Gasteiger partial charge in [0.2, 0.25) is 17.6 Å². The smallest absolute Gasteiger partial charge is 0.490 e. The van der Waals surface area contributed by atoms with E-state index in [1.807, 2.05) is 32.9 Å². The van der Waals surface area contributed by atoms with Gasteiger partial charge in [0.1, 0.15) is 0 Å². The standard InChI is InChI=1S/C22H23N5O4.C2HF3O2/c1-10-7-11(2)17-13(8-10)20(28)26-22(25-17)27-21-23-12(3)16-14(24-21)9-15(29-4)18(30-5)19(16)31-6;3-2(4,5)1(6)7/h7-9H,1-6H3,(H2,23,24,25,26,27,28);(H,6,7). The number of anilines is 2. The third-order valence-corrected chi connectivity index (χ3v) is 5.29. The maximum absolute atomic E-state index is 12.6. The van der Waals surface area contributed by atoms with Gasteiger partial charge in [-0.3, -0.25) is 15.1 Å². The Morgan fingerprint density at radius 2 is 1.61 bits per heavy atom. The summed E-state index contributed by atoms with van der Waals surface area (Å²) in [5, 5.41) is 11.4. The van der Waals surface area contributed by atoms with Gasteiger partial charge in [0.15, 0.2) is 11.5 Å². The Labute approximate surface area is 213 Å². The number of alkyl halides is 3. The van der Waals surface area contributed by atoms with Crippen LogP contribution in [0.1, 0.15) is 16.8 Å². The van der Waals surface area contributed by atoms with Crippen LogP contribution in [0.15, 0.2) is 23.0 Å². The number of aromatic amines is 1. The number of benzene rings is 2. The summed E-state index contributed by atoms with van der Waals surface area (Å²) in [5.74, 6) is -0.769. The molecule has 2 aromatic carbocycles. The molecule has 14 heteroatoms. The lowest BCUT2D eigenvalue weighted by molar-refractivity contribution is -0.192. The minimum atomic E-state index is -5.08. The van der Waals surface area contributed by atoms with Crippen molar-refractivity contribution in [2.24, 2.45) is 0 Å². The molecule has 0 spiro atoms. The van der Waals surface area contributed by atoms with Crippen LogP contribution < -0.4 is 25.1 Å². The summed E-state index contributed by atoms with van der Waals surface area (Å²) in [5.41, 5.74) is 3.58. The lowest BCUT2D eigenvalue weighted by Gasteiger charge is -2.16. The predicted molar refractivity (Wildman–Crippen MR) is 133 cm³/mol. The first-order valence-electron chi connectivity index (χ1n) is 10.9. The van der Waals surface area contributed by atoms with Gasteiger partial charge in [-0.15, -0.1) is 0 Å². The Kier molecular flexibility index (Phi) is 7.93. The van der Waals surface area contributed by atoms with E-state index < -0.39 is 12.1 Å². The molecule has 0 aliphatic heterocycles. The van der Waals surface area contributed by atoms with Gasteiger partial charge in [0.25, 0.3) is 5.56 Å². The Morgan fingerprint density at radius 1 is 0.974 bits per heavy atom.